The number of nitrogens with one attached hydrogen (secondary N) is 1. The van der Waals surface area contributed by atoms with Gasteiger partial charge in [0.05, 0.1) is 24.2 Å². The van der Waals surface area contributed by atoms with Crippen molar-refractivity contribution >= 4 is 29.0 Å². The highest BCUT2D eigenvalue weighted by molar-refractivity contribution is 8.00. The number of carbonyl (C=O) groups excluding carboxylic acids is 1. The van der Waals surface area contributed by atoms with Gasteiger partial charge in [-0.2, -0.15) is 11.3 Å². The van der Waals surface area contributed by atoms with E-state index in [2.05, 4.69) is 15.6 Å². The third-order valence-electron chi connectivity index (χ3n) is 3.53. The molecular formula is C14H18N4OS2. The van der Waals surface area contributed by atoms with Gasteiger partial charge in [-0.25, -0.2) is 4.68 Å². The first-order valence-electron chi connectivity index (χ1n) is 7.13. The Balaban J connectivity index is 1.43. The summed E-state index contributed by atoms with van der Waals surface area (Å²) in [4.78, 5) is 11.8. The summed E-state index contributed by atoms with van der Waals surface area (Å²) in [7, 11) is 0. The summed E-state index contributed by atoms with van der Waals surface area (Å²) in [6.07, 6.45) is 6.99. The number of carbonyl (C=O) groups is 1. The molecule has 0 aliphatic heterocycles. The summed E-state index contributed by atoms with van der Waals surface area (Å²) in [5, 5.41) is 15.7. The number of aromatic nitrogens is 3. The first kappa shape index (κ1) is 14.6. The quantitative estimate of drug-likeness (QED) is 0.888. The molecule has 0 radical (unpaired) electrons. The molecule has 112 valence electrons. The minimum atomic E-state index is 0.0805. The normalized spacial score (nSPS) is 15.4. The van der Waals surface area contributed by atoms with Crippen LogP contribution in [0.4, 0.5) is 0 Å². The van der Waals surface area contributed by atoms with E-state index in [1.165, 1.54) is 25.7 Å². The van der Waals surface area contributed by atoms with E-state index in [9.17, 15) is 4.79 Å². The zero-order valence-corrected chi connectivity index (χ0v) is 13.3. The maximum absolute atomic E-state index is 11.8. The van der Waals surface area contributed by atoms with E-state index in [4.69, 9.17) is 0 Å². The zero-order chi connectivity index (χ0) is 14.5. The van der Waals surface area contributed by atoms with Gasteiger partial charge in [-0.15, -0.1) is 16.9 Å². The Morgan fingerprint density at radius 2 is 2.33 bits per heavy atom. The van der Waals surface area contributed by atoms with E-state index >= 15 is 0 Å². The van der Waals surface area contributed by atoms with Crippen LogP contribution in [0.3, 0.4) is 0 Å². The second-order valence-electron chi connectivity index (χ2n) is 5.13. The zero-order valence-electron chi connectivity index (χ0n) is 11.7. The number of hydrogen-bond donors (Lipinski definition) is 1. The number of thiophene rings is 1. The summed E-state index contributed by atoms with van der Waals surface area (Å²) >= 11 is 3.40. The van der Waals surface area contributed by atoms with Gasteiger partial charge in [-0.1, -0.05) is 18.1 Å². The molecule has 3 rings (SSSR count). The molecule has 1 fully saturated rings. The van der Waals surface area contributed by atoms with Crippen molar-refractivity contribution in [3.63, 3.8) is 0 Å². The predicted molar refractivity (Wildman–Crippen MR) is 85.8 cm³/mol. The molecule has 1 saturated carbocycles. The van der Waals surface area contributed by atoms with Crippen LogP contribution in [0, 0.1) is 0 Å². The van der Waals surface area contributed by atoms with Crippen LogP contribution in [0.25, 0.3) is 5.69 Å². The maximum atomic E-state index is 11.8. The molecule has 1 aliphatic carbocycles. The first-order valence-corrected chi connectivity index (χ1v) is 9.12. The lowest BCUT2D eigenvalue weighted by molar-refractivity contribution is -0.118. The minimum Gasteiger partial charge on any atom is -0.350 e. The molecule has 0 spiro atoms. The summed E-state index contributed by atoms with van der Waals surface area (Å²) in [6, 6.07) is 1.99. The van der Waals surface area contributed by atoms with Gasteiger partial charge in [-0.3, -0.25) is 4.79 Å². The predicted octanol–water partition coefficient (Wildman–Crippen LogP) is 2.62. The van der Waals surface area contributed by atoms with Crippen LogP contribution < -0.4 is 5.32 Å². The van der Waals surface area contributed by atoms with Gasteiger partial charge < -0.3 is 5.32 Å². The van der Waals surface area contributed by atoms with Crippen LogP contribution in [0.5, 0.6) is 0 Å². The van der Waals surface area contributed by atoms with Crippen LogP contribution in [0.15, 0.2) is 23.0 Å². The topological polar surface area (TPSA) is 59.8 Å². The molecule has 1 aliphatic rings. The monoisotopic (exact) mass is 322 g/mol. The number of nitrogens with zero attached hydrogens (tertiary/aromatic N) is 3. The molecule has 2 heterocycles. The summed E-state index contributed by atoms with van der Waals surface area (Å²) < 4.78 is 1.73. The van der Waals surface area contributed by atoms with Crippen molar-refractivity contribution in [2.75, 3.05) is 5.75 Å². The van der Waals surface area contributed by atoms with Crippen LogP contribution in [-0.2, 0) is 11.3 Å². The Morgan fingerprint density at radius 3 is 3.10 bits per heavy atom. The van der Waals surface area contributed by atoms with Gasteiger partial charge in [0.25, 0.3) is 0 Å². The molecule has 7 heteroatoms. The highest BCUT2D eigenvalue weighted by atomic mass is 32.2. The minimum absolute atomic E-state index is 0.0805. The SMILES string of the molecule is O=C(CSC1CCCC1)NCc1cn(-c2ccsc2)nn1. The van der Waals surface area contributed by atoms with Crippen molar-refractivity contribution in [1.82, 2.24) is 20.3 Å². The second-order valence-corrected chi connectivity index (χ2v) is 7.20. The fourth-order valence-corrected chi connectivity index (χ4v) is 4.16. The summed E-state index contributed by atoms with van der Waals surface area (Å²) in [6.45, 7) is 0.439. The Morgan fingerprint density at radius 1 is 1.48 bits per heavy atom. The molecule has 1 amide bonds. The molecular weight excluding hydrogens is 304 g/mol. The van der Waals surface area contributed by atoms with Gasteiger partial charge in [0.15, 0.2) is 0 Å². The molecule has 0 bridgehead atoms. The Kier molecular flexibility index (Phi) is 4.92. The third-order valence-corrected chi connectivity index (χ3v) is 5.57. The summed E-state index contributed by atoms with van der Waals surface area (Å²) in [5.41, 5.74) is 1.78. The molecule has 2 aromatic heterocycles. The van der Waals surface area contributed by atoms with Crippen molar-refractivity contribution in [2.24, 2.45) is 0 Å². The molecule has 0 atom stereocenters. The maximum Gasteiger partial charge on any atom is 0.230 e. The van der Waals surface area contributed by atoms with E-state index in [1.807, 2.05) is 23.0 Å². The number of amides is 1. The van der Waals surface area contributed by atoms with Crippen LogP contribution in [-0.4, -0.2) is 31.9 Å². The van der Waals surface area contributed by atoms with Gasteiger partial charge in [0, 0.05) is 10.6 Å². The Labute approximate surface area is 132 Å². The fraction of sp³-hybridized carbons (Fsp3) is 0.500. The smallest absolute Gasteiger partial charge is 0.230 e. The molecule has 5 nitrogen and oxygen atoms in total. The molecule has 0 unspecified atom stereocenters. The highest BCUT2D eigenvalue weighted by Crippen LogP contribution is 2.29. The average Bonchev–Trinajstić information content (AvgIpc) is 3.24. The van der Waals surface area contributed by atoms with Gasteiger partial charge in [0.2, 0.25) is 5.91 Å². The molecule has 0 aromatic carbocycles. The summed E-state index contributed by atoms with van der Waals surface area (Å²) in [5.74, 6) is 0.626. The number of rotatable bonds is 6. The molecule has 21 heavy (non-hydrogen) atoms. The third kappa shape index (κ3) is 4.07. The van der Waals surface area contributed by atoms with Crippen molar-refractivity contribution in [3.05, 3.63) is 28.7 Å². The van der Waals surface area contributed by atoms with E-state index in [0.29, 0.717) is 17.5 Å². The Hall–Kier alpha value is -1.34. The lowest BCUT2D eigenvalue weighted by Crippen LogP contribution is -2.25. The van der Waals surface area contributed by atoms with Crippen LogP contribution in [0.2, 0.25) is 0 Å². The first-order chi connectivity index (χ1) is 10.3. The lowest BCUT2D eigenvalue weighted by atomic mass is 10.4. The average molecular weight is 322 g/mol. The largest absolute Gasteiger partial charge is 0.350 e. The number of thioether (sulfide) groups is 1. The van der Waals surface area contributed by atoms with E-state index in [1.54, 1.807) is 27.8 Å². The lowest BCUT2D eigenvalue weighted by Gasteiger charge is -2.08. The van der Waals surface area contributed by atoms with Crippen molar-refractivity contribution in [2.45, 2.75) is 37.5 Å². The standard InChI is InChI=1S/C14H18N4OS2/c19-14(10-21-13-3-1-2-4-13)15-7-11-8-18(17-16-11)12-5-6-20-9-12/h5-6,8-9,13H,1-4,7,10H2,(H,15,19). The molecule has 0 saturated heterocycles. The second kappa shape index (κ2) is 7.09. The molecule has 1 N–H and O–H groups in total. The molecule has 2 aromatic rings. The van der Waals surface area contributed by atoms with E-state index in [0.717, 1.165) is 11.4 Å². The van der Waals surface area contributed by atoms with Gasteiger partial charge >= 0.3 is 0 Å². The van der Waals surface area contributed by atoms with Crippen LogP contribution >= 0.6 is 23.1 Å². The van der Waals surface area contributed by atoms with Crippen molar-refractivity contribution < 1.29 is 4.79 Å². The van der Waals surface area contributed by atoms with Gasteiger partial charge in [0.1, 0.15) is 5.69 Å². The van der Waals surface area contributed by atoms with E-state index in [-0.39, 0.29) is 5.91 Å². The fourth-order valence-electron chi connectivity index (χ4n) is 2.38. The van der Waals surface area contributed by atoms with Gasteiger partial charge in [-0.05, 0) is 24.3 Å². The van der Waals surface area contributed by atoms with Crippen LogP contribution in [0.1, 0.15) is 31.4 Å². The van der Waals surface area contributed by atoms with Crippen molar-refractivity contribution in [1.29, 1.82) is 0 Å². The highest BCUT2D eigenvalue weighted by Gasteiger charge is 2.16. The Bertz CT molecular complexity index is 576. The van der Waals surface area contributed by atoms with Crippen molar-refractivity contribution in [3.8, 4) is 5.69 Å². The number of hydrogen-bond acceptors (Lipinski definition) is 5. The van der Waals surface area contributed by atoms with E-state index < -0.39 is 0 Å².